The smallest absolute Gasteiger partial charge is 0.531 e. The summed E-state index contributed by atoms with van der Waals surface area (Å²) < 4.78 is 5.65. The van der Waals surface area contributed by atoms with Crippen LogP contribution in [0.15, 0.2) is 24.4 Å². The standard InChI is InChI=1S/C19H21BN2O3/c1-9-5-19(23)6-10-4-12(17(10)19)15(9)13-7-20(24)25-14-8-22-18-11(16(13)14)2-3-21-18/h2-3,7-10,12,15,17,23-24H,4-6H2,1H3,(H,21,22)/t9-,10?,12+,15+,17+,19?/m0/s1. The zero-order valence-corrected chi connectivity index (χ0v) is 14.1. The molecule has 3 N–H and O–H groups in total. The van der Waals surface area contributed by atoms with E-state index in [0.717, 1.165) is 29.4 Å². The van der Waals surface area contributed by atoms with Crippen molar-refractivity contribution >= 4 is 23.7 Å². The minimum Gasteiger partial charge on any atom is -0.531 e. The molecule has 6 rings (SSSR count). The third-order valence-corrected chi connectivity index (χ3v) is 7.30. The van der Waals surface area contributed by atoms with Gasteiger partial charge in [0.2, 0.25) is 0 Å². The lowest BCUT2D eigenvalue weighted by Gasteiger charge is -2.70. The maximum atomic E-state index is 10.9. The van der Waals surface area contributed by atoms with E-state index in [2.05, 4.69) is 16.9 Å². The first kappa shape index (κ1) is 14.4. The Bertz CT molecular complexity index is 925. The van der Waals surface area contributed by atoms with Gasteiger partial charge in [0.25, 0.3) is 0 Å². The lowest BCUT2D eigenvalue weighted by Crippen LogP contribution is -2.69. The van der Waals surface area contributed by atoms with Crippen LogP contribution in [-0.2, 0) is 0 Å². The maximum Gasteiger partial charge on any atom is 0.552 e. The van der Waals surface area contributed by atoms with E-state index < -0.39 is 12.7 Å². The van der Waals surface area contributed by atoms with Crippen LogP contribution in [0.5, 0.6) is 5.75 Å². The van der Waals surface area contributed by atoms with Gasteiger partial charge in [-0.3, -0.25) is 0 Å². The summed E-state index contributed by atoms with van der Waals surface area (Å²) in [7, 11) is -0.925. The number of aliphatic hydroxyl groups is 1. The van der Waals surface area contributed by atoms with E-state index in [1.54, 1.807) is 6.20 Å². The lowest BCUT2D eigenvalue weighted by molar-refractivity contribution is -0.264. The van der Waals surface area contributed by atoms with Crippen molar-refractivity contribution in [2.45, 2.75) is 31.8 Å². The van der Waals surface area contributed by atoms with Crippen molar-refractivity contribution in [3.05, 3.63) is 30.0 Å². The molecule has 6 heteroatoms. The van der Waals surface area contributed by atoms with Crippen LogP contribution in [-0.4, -0.2) is 32.8 Å². The first-order chi connectivity index (χ1) is 12.0. The van der Waals surface area contributed by atoms with E-state index in [-0.39, 0.29) is 0 Å². The van der Waals surface area contributed by atoms with E-state index in [0.29, 0.717) is 35.3 Å². The van der Waals surface area contributed by atoms with E-state index in [1.165, 1.54) is 12.0 Å². The SMILES string of the molecule is C[C@H]1CC2(O)CC3C[C@H]([C@@H]1C1=CB(O)Oc4cnc5[nH]ccc5c41)[C@@H]32. The number of hydrogen-bond acceptors (Lipinski definition) is 4. The average Bonchev–Trinajstić information content (AvgIpc) is 2.99. The van der Waals surface area contributed by atoms with Crippen LogP contribution in [0.25, 0.3) is 16.6 Å². The number of nitrogens with one attached hydrogen (secondary N) is 1. The molecule has 3 fully saturated rings. The van der Waals surface area contributed by atoms with Gasteiger partial charge in [0, 0.05) is 17.1 Å². The third-order valence-electron chi connectivity index (χ3n) is 7.30. The number of allylic oxidation sites excluding steroid dienone is 1. The summed E-state index contributed by atoms with van der Waals surface area (Å²) in [6.07, 6.45) is 6.65. The van der Waals surface area contributed by atoms with Crippen molar-refractivity contribution in [3.63, 3.8) is 0 Å². The number of rotatable bonds is 1. The van der Waals surface area contributed by atoms with Gasteiger partial charge in [0.15, 0.2) is 0 Å². The van der Waals surface area contributed by atoms with Crippen LogP contribution >= 0.6 is 0 Å². The minimum absolute atomic E-state index is 0.361. The van der Waals surface area contributed by atoms with Gasteiger partial charge >= 0.3 is 7.12 Å². The molecular weight excluding hydrogens is 315 g/mol. The summed E-state index contributed by atoms with van der Waals surface area (Å²) in [5.74, 6) is 4.96. The molecule has 0 spiro atoms. The Labute approximate surface area is 146 Å². The molecular formula is C19H21BN2O3. The van der Waals surface area contributed by atoms with Gasteiger partial charge in [-0.25, -0.2) is 4.98 Å². The van der Waals surface area contributed by atoms with Gasteiger partial charge in [0.1, 0.15) is 11.4 Å². The lowest BCUT2D eigenvalue weighted by atomic mass is 9.37. The highest BCUT2D eigenvalue weighted by molar-refractivity contribution is 6.52. The molecule has 6 atom stereocenters. The first-order valence-corrected chi connectivity index (χ1v) is 9.30. The van der Waals surface area contributed by atoms with E-state index in [4.69, 9.17) is 4.65 Å². The number of nitrogens with zero attached hydrogens (tertiary/aromatic N) is 1. The highest BCUT2D eigenvalue weighted by atomic mass is 16.5. The molecule has 2 unspecified atom stereocenters. The second-order valence-electron chi connectivity index (χ2n) is 8.57. The summed E-state index contributed by atoms with van der Waals surface area (Å²) in [6, 6.07) is 2.03. The van der Waals surface area contributed by atoms with Gasteiger partial charge in [0.05, 0.1) is 11.8 Å². The second-order valence-corrected chi connectivity index (χ2v) is 8.57. The highest BCUT2D eigenvalue weighted by Crippen LogP contribution is 2.70. The number of H-pyrrole nitrogens is 1. The molecule has 2 aromatic heterocycles. The first-order valence-electron chi connectivity index (χ1n) is 9.30. The summed E-state index contributed by atoms with van der Waals surface area (Å²) in [6.45, 7) is 2.25. The van der Waals surface area contributed by atoms with Gasteiger partial charge in [-0.1, -0.05) is 6.92 Å². The Morgan fingerprint density at radius 3 is 3.12 bits per heavy atom. The monoisotopic (exact) mass is 336 g/mol. The molecule has 0 aromatic carbocycles. The van der Waals surface area contributed by atoms with Gasteiger partial charge in [-0.2, -0.15) is 0 Å². The summed E-state index contributed by atoms with van der Waals surface area (Å²) in [5, 5.41) is 22.2. The van der Waals surface area contributed by atoms with E-state index in [9.17, 15) is 10.1 Å². The molecule has 4 aliphatic rings. The Balaban J connectivity index is 1.51. The third kappa shape index (κ3) is 1.69. The van der Waals surface area contributed by atoms with Crippen LogP contribution in [0.4, 0.5) is 0 Å². The van der Waals surface area contributed by atoms with E-state index >= 15 is 0 Å². The molecule has 3 heterocycles. The normalized spacial score (nSPS) is 41.2. The maximum absolute atomic E-state index is 10.9. The topological polar surface area (TPSA) is 78.4 Å². The Hall–Kier alpha value is -1.79. The Kier molecular flexibility index (Phi) is 2.58. The molecule has 3 saturated carbocycles. The van der Waals surface area contributed by atoms with Gasteiger partial charge in [-0.15, -0.1) is 0 Å². The molecule has 128 valence electrons. The van der Waals surface area contributed by atoms with Gasteiger partial charge in [-0.05, 0) is 66.5 Å². The molecule has 0 saturated heterocycles. The highest BCUT2D eigenvalue weighted by Gasteiger charge is 2.68. The zero-order chi connectivity index (χ0) is 16.9. The minimum atomic E-state index is -0.925. The number of hydrogen-bond donors (Lipinski definition) is 3. The number of aromatic nitrogens is 2. The fourth-order valence-electron chi connectivity index (χ4n) is 6.56. The fourth-order valence-corrected chi connectivity index (χ4v) is 6.56. The molecule has 1 aliphatic heterocycles. The quantitative estimate of drug-likeness (QED) is 0.699. The van der Waals surface area contributed by atoms with Crippen molar-refractivity contribution in [3.8, 4) is 5.75 Å². The van der Waals surface area contributed by atoms with Gasteiger partial charge < -0.3 is 19.8 Å². The Morgan fingerprint density at radius 1 is 1.40 bits per heavy atom. The van der Waals surface area contributed by atoms with Crippen LogP contribution in [0, 0.1) is 29.6 Å². The van der Waals surface area contributed by atoms with Crippen LogP contribution < -0.4 is 4.65 Å². The average molecular weight is 336 g/mol. The molecule has 0 bridgehead atoms. The molecule has 25 heavy (non-hydrogen) atoms. The Morgan fingerprint density at radius 2 is 2.28 bits per heavy atom. The van der Waals surface area contributed by atoms with Crippen molar-refractivity contribution < 1.29 is 14.8 Å². The summed E-state index contributed by atoms with van der Waals surface area (Å²) in [5.41, 5.74) is 2.67. The van der Waals surface area contributed by atoms with Crippen LogP contribution in [0.3, 0.4) is 0 Å². The fraction of sp³-hybridized carbons (Fsp3) is 0.526. The number of fused-ring (bicyclic) bond motifs is 3. The largest absolute Gasteiger partial charge is 0.552 e. The molecule has 5 nitrogen and oxygen atoms in total. The summed E-state index contributed by atoms with van der Waals surface area (Å²) in [4.78, 5) is 7.58. The molecule has 0 amide bonds. The molecule has 0 radical (unpaired) electrons. The zero-order valence-electron chi connectivity index (χ0n) is 14.1. The van der Waals surface area contributed by atoms with E-state index in [1.807, 2.05) is 18.2 Å². The van der Waals surface area contributed by atoms with Crippen LogP contribution in [0.2, 0.25) is 0 Å². The second kappa shape index (κ2) is 4.49. The summed E-state index contributed by atoms with van der Waals surface area (Å²) >= 11 is 0. The number of aromatic amines is 1. The predicted molar refractivity (Wildman–Crippen MR) is 94.6 cm³/mol. The van der Waals surface area contributed by atoms with Crippen molar-refractivity contribution in [2.75, 3.05) is 0 Å². The molecule has 3 aliphatic carbocycles. The number of pyridine rings is 1. The van der Waals surface area contributed by atoms with Crippen molar-refractivity contribution in [2.24, 2.45) is 29.6 Å². The predicted octanol–water partition coefficient (Wildman–Crippen LogP) is 2.40. The van der Waals surface area contributed by atoms with Crippen LogP contribution in [0.1, 0.15) is 31.7 Å². The van der Waals surface area contributed by atoms with Crippen molar-refractivity contribution in [1.29, 1.82) is 0 Å². The van der Waals surface area contributed by atoms with Crippen molar-refractivity contribution in [1.82, 2.24) is 9.97 Å². The molecule has 2 aromatic rings.